The Morgan fingerprint density at radius 3 is 2.75 bits per heavy atom. The van der Waals surface area contributed by atoms with Gasteiger partial charge in [-0.3, -0.25) is 9.36 Å². The molecule has 4 rings (SSSR count). The topological polar surface area (TPSA) is 92.2 Å². The van der Waals surface area contributed by atoms with Crippen LogP contribution in [0.4, 0.5) is 16.3 Å². The van der Waals surface area contributed by atoms with Gasteiger partial charge in [0.05, 0.1) is 0 Å². The van der Waals surface area contributed by atoms with Gasteiger partial charge in [-0.1, -0.05) is 31.2 Å². The summed E-state index contributed by atoms with van der Waals surface area (Å²) in [7, 11) is 0. The molecule has 1 aromatic carbocycles. The van der Waals surface area contributed by atoms with E-state index < -0.39 is 0 Å². The molecule has 1 aliphatic heterocycles. The fraction of sp³-hybridized carbons (Fsp3) is 0.333. The van der Waals surface area contributed by atoms with Crippen LogP contribution < -0.4 is 21.1 Å². The fourth-order valence-electron chi connectivity index (χ4n) is 4.10. The van der Waals surface area contributed by atoms with Crippen molar-refractivity contribution in [1.82, 2.24) is 19.9 Å². The zero-order valence-electron chi connectivity index (χ0n) is 18.3. The fourth-order valence-corrected chi connectivity index (χ4v) is 4.10. The Bertz CT molecular complexity index is 1180. The number of hydrogen-bond acceptors (Lipinski definition) is 5. The minimum Gasteiger partial charge on any atom is -0.352 e. The first kappa shape index (κ1) is 21.5. The van der Waals surface area contributed by atoms with Gasteiger partial charge in [0.1, 0.15) is 5.52 Å². The van der Waals surface area contributed by atoms with Crippen LogP contribution >= 0.6 is 0 Å². The average molecular weight is 433 g/mol. The number of amides is 2. The molecule has 0 unspecified atom stereocenters. The predicted molar refractivity (Wildman–Crippen MR) is 127 cm³/mol. The predicted octanol–water partition coefficient (Wildman–Crippen LogP) is 3.33. The van der Waals surface area contributed by atoms with Crippen LogP contribution in [0, 0.1) is 0 Å². The molecule has 32 heavy (non-hydrogen) atoms. The summed E-state index contributed by atoms with van der Waals surface area (Å²) in [5, 5.41) is 6.02. The molecule has 8 heteroatoms. The molecule has 1 fully saturated rings. The van der Waals surface area contributed by atoms with Crippen molar-refractivity contribution >= 4 is 28.7 Å². The number of carbonyl (C=O) groups excluding carboxylic acids is 1. The summed E-state index contributed by atoms with van der Waals surface area (Å²) in [6, 6.07) is 11.3. The van der Waals surface area contributed by atoms with Gasteiger partial charge >= 0.3 is 6.03 Å². The Morgan fingerprint density at radius 1 is 1.22 bits per heavy atom. The first-order chi connectivity index (χ1) is 15.6. The lowest BCUT2D eigenvalue weighted by Gasteiger charge is -2.33. The number of hydrogen-bond donors (Lipinski definition) is 2. The highest BCUT2D eigenvalue weighted by Gasteiger charge is 2.24. The molecular weight excluding hydrogens is 404 g/mol. The van der Waals surface area contributed by atoms with E-state index >= 15 is 0 Å². The maximum absolute atomic E-state index is 13.1. The van der Waals surface area contributed by atoms with Crippen LogP contribution in [0.3, 0.4) is 0 Å². The molecule has 0 saturated carbocycles. The standard InChI is InChI=1S/C24H28N6O2/c1-3-14-30-21-20(10-7-13-25-21)27-22(23(30)31)29-15-11-18(12-16-29)26-24(32)28-19-9-6-5-8-17(19)4-2/h3,5-10,13,18H,1,4,11-12,14-16H2,2H3,(H2,26,28,32). The maximum Gasteiger partial charge on any atom is 0.319 e. The van der Waals surface area contributed by atoms with Gasteiger partial charge < -0.3 is 15.5 Å². The van der Waals surface area contributed by atoms with Gasteiger partial charge in [0.2, 0.25) is 0 Å². The molecule has 1 saturated heterocycles. The summed E-state index contributed by atoms with van der Waals surface area (Å²) in [6.07, 6.45) is 5.66. The molecule has 0 atom stereocenters. The van der Waals surface area contributed by atoms with Gasteiger partial charge in [-0.05, 0) is 43.0 Å². The van der Waals surface area contributed by atoms with Gasteiger partial charge in [0.25, 0.3) is 5.56 Å². The summed E-state index contributed by atoms with van der Waals surface area (Å²) >= 11 is 0. The summed E-state index contributed by atoms with van der Waals surface area (Å²) < 4.78 is 1.60. The number of pyridine rings is 1. The molecular formula is C24H28N6O2. The van der Waals surface area contributed by atoms with Gasteiger partial charge in [0, 0.05) is 37.6 Å². The highest BCUT2D eigenvalue weighted by molar-refractivity contribution is 5.90. The number of nitrogens with zero attached hydrogens (tertiary/aromatic N) is 4. The monoisotopic (exact) mass is 432 g/mol. The van der Waals surface area contributed by atoms with Crippen LogP contribution in [0.1, 0.15) is 25.3 Å². The minimum atomic E-state index is -0.201. The van der Waals surface area contributed by atoms with Crippen LogP contribution in [-0.4, -0.2) is 39.7 Å². The third-order valence-corrected chi connectivity index (χ3v) is 5.77. The lowest BCUT2D eigenvalue weighted by atomic mass is 10.1. The zero-order chi connectivity index (χ0) is 22.5. The van der Waals surface area contributed by atoms with E-state index in [0.29, 0.717) is 36.6 Å². The first-order valence-electron chi connectivity index (χ1n) is 11.0. The molecule has 166 valence electrons. The van der Waals surface area contributed by atoms with Crippen LogP contribution in [0.25, 0.3) is 11.2 Å². The van der Waals surface area contributed by atoms with Crippen molar-refractivity contribution in [3.8, 4) is 0 Å². The highest BCUT2D eigenvalue weighted by atomic mass is 16.2. The summed E-state index contributed by atoms with van der Waals surface area (Å²) in [6.45, 7) is 7.47. The van der Waals surface area contributed by atoms with Crippen molar-refractivity contribution in [2.24, 2.45) is 0 Å². The number of benzene rings is 1. The zero-order valence-corrected chi connectivity index (χ0v) is 18.3. The molecule has 0 bridgehead atoms. The third-order valence-electron chi connectivity index (χ3n) is 5.77. The van der Waals surface area contributed by atoms with Crippen molar-refractivity contribution in [2.75, 3.05) is 23.3 Å². The number of urea groups is 1. The Kier molecular flexibility index (Phi) is 6.49. The molecule has 0 radical (unpaired) electrons. The van der Waals surface area contributed by atoms with Crippen molar-refractivity contribution in [1.29, 1.82) is 0 Å². The van der Waals surface area contributed by atoms with Crippen LogP contribution in [0.5, 0.6) is 0 Å². The van der Waals surface area contributed by atoms with Crippen LogP contribution in [0.2, 0.25) is 0 Å². The molecule has 2 amide bonds. The van der Waals surface area contributed by atoms with E-state index in [4.69, 9.17) is 0 Å². The molecule has 0 aliphatic carbocycles. The van der Waals surface area contributed by atoms with E-state index in [2.05, 4.69) is 34.1 Å². The smallest absolute Gasteiger partial charge is 0.319 e. The summed E-state index contributed by atoms with van der Waals surface area (Å²) in [5.74, 6) is 0.423. The van der Waals surface area contributed by atoms with Crippen LogP contribution in [0.15, 0.2) is 60.0 Å². The van der Waals surface area contributed by atoms with Gasteiger partial charge in [-0.15, -0.1) is 6.58 Å². The molecule has 3 heterocycles. The van der Waals surface area contributed by atoms with E-state index in [9.17, 15) is 9.59 Å². The van der Waals surface area contributed by atoms with Gasteiger partial charge in [0.15, 0.2) is 11.5 Å². The van der Waals surface area contributed by atoms with E-state index in [1.165, 1.54) is 0 Å². The van der Waals surface area contributed by atoms with Gasteiger partial charge in [-0.25, -0.2) is 14.8 Å². The molecule has 1 aliphatic rings. The van der Waals surface area contributed by atoms with E-state index in [1.54, 1.807) is 16.8 Å². The van der Waals surface area contributed by atoms with Crippen molar-refractivity contribution in [3.05, 3.63) is 71.2 Å². The van der Waals surface area contributed by atoms with E-state index in [0.717, 1.165) is 30.5 Å². The first-order valence-corrected chi connectivity index (χ1v) is 11.0. The second-order valence-corrected chi connectivity index (χ2v) is 7.86. The molecule has 2 N–H and O–H groups in total. The maximum atomic E-state index is 13.1. The Hall–Kier alpha value is -3.68. The van der Waals surface area contributed by atoms with E-state index in [-0.39, 0.29) is 17.6 Å². The number of anilines is 2. The van der Waals surface area contributed by atoms with E-state index in [1.807, 2.05) is 41.3 Å². The third kappa shape index (κ3) is 4.49. The summed E-state index contributed by atoms with van der Waals surface area (Å²) in [5.41, 5.74) is 3.00. The lowest BCUT2D eigenvalue weighted by molar-refractivity contribution is 0.246. The normalized spacial score (nSPS) is 14.3. The molecule has 3 aromatic rings. The van der Waals surface area contributed by atoms with Crippen molar-refractivity contribution in [3.63, 3.8) is 0 Å². The number of allylic oxidation sites excluding steroid dienone is 1. The summed E-state index contributed by atoms with van der Waals surface area (Å²) in [4.78, 5) is 36.5. The number of rotatable bonds is 6. The van der Waals surface area contributed by atoms with Crippen molar-refractivity contribution in [2.45, 2.75) is 38.8 Å². The largest absolute Gasteiger partial charge is 0.352 e. The lowest BCUT2D eigenvalue weighted by Crippen LogP contribution is -2.47. The molecule has 8 nitrogen and oxygen atoms in total. The quantitative estimate of drug-likeness (QED) is 0.583. The Morgan fingerprint density at radius 2 is 2.00 bits per heavy atom. The number of carbonyl (C=O) groups is 1. The average Bonchev–Trinajstić information content (AvgIpc) is 2.81. The minimum absolute atomic E-state index is 0.0394. The second kappa shape index (κ2) is 9.64. The number of nitrogens with one attached hydrogen (secondary N) is 2. The number of aromatic nitrogens is 3. The molecule has 2 aromatic heterocycles. The highest BCUT2D eigenvalue weighted by Crippen LogP contribution is 2.19. The van der Waals surface area contributed by atoms with Crippen molar-refractivity contribution < 1.29 is 4.79 Å². The SMILES string of the molecule is C=CCn1c(=O)c(N2CCC(NC(=O)Nc3ccccc3CC)CC2)nc2cccnc21. The van der Waals surface area contributed by atoms with Gasteiger partial charge in [-0.2, -0.15) is 0 Å². The number of aryl methyl sites for hydroxylation is 1. The number of fused-ring (bicyclic) bond motifs is 1. The van der Waals surface area contributed by atoms with Crippen LogP contribution in [-0.2, 0) is 13.0 Å². The Balaban J connectivity index is 1.43. The Labute approximate surface area is 187 Å². The number of para-hydroxylation sites is 1. The molecule has 0 spiro atoms. The number of piperidine rings is 1. The second-order valence-electron chi connectivity index (χ2n) is 7.86.